The summed E-state index contributed by atoms with van der Waals surface area (Å²) in [5.41, 5.74) is 0.845. The van der Waals surface area contributed by atoms with Crippen LogP contribution in [0.25, 0.3) is 0 Å². The van der Waals surface area contributed by atoms with Gasteiger partial charge in [0.05, 0.1) is 18.3 Å². The van der Waals surface area contributed by atoms with E-state index in [4.69, 9.17) is 16.3 Å². The number of hydrogen-bond donors (Lipinski definition) is 0. The van der Waals surface area contributed by atoms with E-state index in [1.807, 2.05) is 0 Å². The van der Waals surface area contributed by atoms with Crippen LogP contribution in [-0.4, -0.2) is 29.2 Å². The molecule has 134 valence electrons. The van der Waals surface area contributed by atoms with Gasteiger partial charge in [-0.1, -0.05) is 36.6 Å². The van der Waals surface area contributed by atoms with Crippen molar-refractivity contribution in [2.45, 2.75) is 45.1 Å². The molecule has 0 N–H and O–H groups in total. The number of likely N-dealkylation sites (tertiary alicyclic amines) is 1. The first-order valence-electron chi connectivity index (χ1n) is 8.77. The zero-order chi connectivity index (χ0) is 18.0. The van der Waals surface area contributed by atoms with E-state index in [1.165, 1.54) is 4.90 Å². The third kappa shape index (κ3) is 3.87. The highest BCUT2D eigenvalue weighted by Crippen LogP contribution is 2.38. The summed E-state index contributed by atoms with van der Waals surface area (Å²) in [5.74, 6) is -1.00. The van der Waals surface area contributed by atoms with Gasteiger partial charge in [-0.05, 0) is 37.5 Å². The second kappa shape index (κ2) is 7.56. The second-order valence-corrected chi connectivity index (χ2v) is 7.20. The van der Waals surface area contributed by atoms with Crippen LogP contribution in [0.3, 0.4) is 0 Å². The highest BCUT2D eigenvalue weighted by atomic mass is 35.5. The standard InChI is InChI=1S/C19H22ClNO4/c1-12(13-6-8-14(20)9-7-13)25-17(22)10-11-21-18(23)15-4-2-3-5-16(15)19(21)24/h6-9,12,15-16H,2-5,10-11H2,1H3/t12-,15-,16-/m0/s1. The normalized spacial score (nSPS) is 24.2. The van der Waals surface area contributed by atoms with Gasteiger partial charge in [0.25, 0.3) is 0 Å². The maximum Gasteiger partial charge on any atom is 0.308 e. The van der Waals surface area contributed by atoms with E-state index < -0.39 is 12.1 Å². The van der Waals surface area contributed by atoms with Gasteiger partial charge in [0.2, 0.25) is 11.8 Å². The van der Waals surface area contributed by atoms with Crippen molar-refractivity contribution in [3.8, 4) is 0 Å². The summed E-state index contributed by atoms with van der Waals surface area (Å²) in [4.78, 5) is 38.1. The molecule has 6 heteroatoms. The largest absolute Gasteiger partial charge is 0.458 e. The predicted octanol–water partition coefficient (Wildman–Crippen LogP) is 3.51. The fourth-order valence-corrected chi connectivity index (χ4v) is 3.84. The topological polar surface area (TPSA) is 63.7 Å². The number of hydrogen-bond acceptors (Lipinski definition) is 4. The van der Waals surface area contributed by atoms with Crippen molar-refractivity contribution < 1.29 is 19.1 Å². The molecule has 0 aromatic heterocycles. The molecule has 3 atom stereocenters. The van der Waals surface area contributed by atoms with E-state index >= 15 is 0 Å². The minimum Gasteiger partial charge on any atom is -0.458 e. The van der Waals surface area contributed by atoms with Crippen molar-refractivity contribution in [2.75, 3.05) is 6.54 Å². The number of ether oxygens (including phenoxy) is 1. The number of benzene rings is 1. The first kappa shape index (κ1) is 17.9. The van der Waals surface area contributed by atoms with Crippen LogP contribution in [0.2, 0.25) is 5.02 Å². The average Bonchev–Trinajstić information content (AvgIpc) is 2.85. The average molecular weight is 364 g/mol. The van der Waals surface area contributed by atoms with Crippen LogP contribution >= 0.6 is 11.6 Å². The van der Waals surface area contributed by atoms with E-state index in [0.29, 0.717) is 5.02 Å². The number of rotatable bonds is 5. The number of fused-ring (bicyclic) bond motifs is 1. The lowest BCUT2D eigenvalue weighted by atomic mass is 9.81. The summed E-state index contributed by atoms with van der Waals surface area (Å²) in [6.07, 6.45) is 3.17. The Morgan fingerprint density at radius 3 is 2.28 bits per heavy atom. The summed E-state index contributed by atoms with van der Waals surface area (Å²) in [5, 5.41) is 0.620. The third-order valence-corrected chi connectivity index (χ3v) is 5.37. The minimum absolute atomic E-state index is 0.0227. The Bertz CT molecular complexity index is 649. The lowest BCUT2D eigenvalue weighted by Gasteiger charge is -2.19. The van der Waals surface area contributed by atoms with Crippen molar-refractivity contribution in [1.29, 1.82) is 0 Å². The van der Waals surface area contributed by atoms with Gasteiger partial charge in [-0.3, -0.25) is 19.3 Å². The highest BCUT2D eigenvalue weighted by Gasteiger charge is 2.47. The zero-order valence-corrected chi connectivity index (χ0v) is 15.0. The molecule has 2 aliphatic rings. The molecular weight excluding hydrogens is 342 g/mol. The van der Waals surface area contributed by atoms with Crippen molar-refractivity contribution in [3.05, 3.63) is 34.9 Å². The molecular formula is C19H22ClNO4. The molecule has 3 rings (SSSR count). The van der Waals surface area contributed by atoms with Gasteiger partial charge >= 0.3 is 5.97 Å². The zero-order valence-electron chi connectivity index (χ0n) is 14.2. The van der Waals surface area contributed by atoms with Crippen LogP contribution in [0.5, 0.6) is 0 Å². The fourth-order valence-electron chi connectivity index (χ4n) is 3.71. The predicted molar refractivity (Wildman–Crippen MR) is 92.7 cm³/mol. The molecule has 25 heavy (non-hydrogen) atoms. The lowest BCUT2D eigenvalue weighted by Crippen LogP contribution is -2.33. The van der Waals surface area contributed by atoms with Gasteiger partial charge in [-0.25, -0.2) is 0 Å². The second-order valence-electron chi connectivity index (χ2n) is 6.76. The number of imide groups is 1. The third-order valence-electron chi connectivity index (χ3n) is 5.12. The van der Waals surface area contributed by atoms with Crippen LogP contribution in [-0.2, 0) is 19.1 Å². The van der Waals surface area contributed by atoms with Crippen LogP contribution < -0.4 is 0 Å². The van der Waals surface area contributed by atoms with Crippen molar-refractivity contribution in [1.82, 2.24) is 4.90 Å². The molecule has 1 aromatic rings. The molecule has 1 heterocycles. The van der Waals surface area contributed by atoms with Crippen molar-refractivity contribution in [2.24, 2.45) is 11.8 Å². The van der Waals surface area contributed by atoms with Crippen LogP contribution in [0.1, 0.15) is 50.7 Å². The van der Waals surface area contributed by atoms with E-state index in [9.17, 15) is 14.4 Å². The molecule has 1 saturated heterocycles. The maximum atomic E-state index is 12.4. The van der Waals surface area contributed by atoms with E-state index in [1.54, 1.807) is 31.2 Å². The molecule has 5 nitrogen and oxygen atoms in total. The molecule has 1 aliphatic heterocycles. The fraction of sp³-hybridized carbons (Fsp3) is 0.526. The summed E-state index contributed by atoms with van der Waals surface area (Å²) >= 11 is 5.85. The smallest absolute Gasteiger partial charge is 0.308 e. The van der Waals surface area contributed by atoms with Gasteiger partial charge < -0.3 is 4.74 Å². The van der Waals surface area contributed by atoms with Gasteiger partial charge in [0.1, 0.15) is 6.10 Å². The summed E-state index contributed by atoms with van der Waals surface area (Å²) < 4.78 is 5.39. The van der Waals surface area contributed by atoms with Gasteiger partial charge in [0.15, 0.2) is 0 Å². The molecule has 2 amide bonds. The van der Waals surface area contributed by atoms with E-state index in [-0.39, 0.29) is 36.6 Å². The number of amides is 2. The SMILES string of the molecule is C[C@H](OC(=O)CCN1C(=O)[C@H]2CCCC[C@@H]2C1=O)c1ccc(Cl)cc1. The Labute approximate surface area is 152 Å². The quantitative estimate of drug-likeness (QED) is 0.593. The number of nitrogens with zero attached hydrogens (tertiary/aromatic N) is 1. The van der Waals surface area contributed by atoms with Gasteiger partial charge in [-0.15, -0.1) is 0 Å². The molecule has 1 saturated carbocycles. The molecule has 1 aliphatic carbocycles. The molecule has 0 radical (unpaired) electrons. The summed E-state index contributed by atoms with van der Waals surface area (Å²) in [7, 11) is 0. The summed E-state index contributed by atoms with van der Waals surface area (Å²) in [6.45, 7) is 1.89. The Morgan fingerprint density at radius 1 is 1.16 bits per heavy atom. The minimum atomic E-state index is -0.419. The molecule has 0 bridgehead atoms. The Morgan fingerprint density at radius 2 is 1.72 bits per heavy atom. The Balaban J connectivity index is 1.52. The van der Waals surface area contributed by atoms with Crippen LogP contribution in [0.15, 0.2) is 24.3 Å². The first-order valence-corrected chi connectivity index (χ1v) is 9.15. The van der Waals surface area contributed by atoms with Crippen LogP contribution in [0.4, 0.5) is 0 Å². The van der Waals surface area contributed by atoms with Gasteiger partial charge in [0, 0.05) is 11.6 Å². The Kier molecular flexibility index (Phi) is 5.42. The van der Waals surface area contributed by atoms with Crippen LogP contribution in [0, 0.1) is 11.8 Å². The van der Waals surface area contributed by atoms with E-state index in [2.05, 4.69) is 0 Å². The maximum absolute atomic E-state index is 12.4. The number of esters is 1. The van der Waals surface area contributed by atoms with E-state index in [0.717, 1.165) is 31.2 Å². The van der Waals surface area contributed by atoms with Gasteiger partial charge in [-0.2, -0.15) is 0 Å². The first-order chi connectivity index (χ1) is 12.0. The Hall–Kier alpha value is -1.88. The summed E-state index contributed by atoms with van der Waals surface area (Å²) in [6, 6.07) is 7.09. The van der Waals surface area contributed by atoms with Crippen molar-refractivity contribution >= 4 is 29.4 Å². The number of halogens is 1. The van der Waals surface area contributed by atoms with Crippen molar-refractivity contribution in [3.63, 3.8) is 0 Å². The molecule has 0 unspecified atom stereocenters. The number of carbonyl (C=O) groups is 3. The highest BCUT2D eigenvalue weighted by molar-refractivity contribution is 6.30. The molecule has 0 spiro atoms. The monoisotopic (exact) mass is 363 g/mol. The number of carbonyl (C=O) groups excluding carboxylic acids is 3. The lowest BCUT2D eigenvalue weighted by molar-refractivity contribution is -0.149. The molecule has 1 aromatic carbocycles. The molecule has 2 fully saturated rings.